The lowest BCUT2D eigenvalue weighted by Gasteiger charge is -2.25. The van der Waals surface area contributed by atoms with Crippen LogP contribution < -0.4 is 5.73 Å². The van der Waals surface area contributed by atoms with E-state index in [0.717, 1.165) is 6.07 Å². The first-order valence-corrected chi connectivity index (χ1v) is 8.61. The summed E-state index contributed by atoms with van der Waals surface area (Å²) in [5, 5.41) is 0. The molecule has 120 valence electrons. The first kappa shape index (κ1) is 18.1. The van der Waals surface area contributed by atoms with Crippen LogP contribution in [0.1, 0.15) is 33.3 Å². The zero-order chi connectivity index (χ0) is 16.2. The van der Waals surface area contributed by atoms with Crippen LogP contribution in [0.5, 0.6) is 0 Å². The summed E-state index contributed by atoms with van der Waals surface area (Å²) in [5.41, 5.74) is 5.67. The molecular weight excluding hydrogens is 291 g/mol. The molecule has 0 bridgehead atoms. The summed E-state index contributed by atoms with van der Waals surface area (Å²) in [4.78, 5) is 0.102. The van der Waals surface area contributed by atoms with Crippen LogP contribution in [-0.4, -0.2) is 25.8 Å². The molecule has 0 aliphatic rings. The van der Waals surface area contributed by atoms with Gasteiger partial charge in [-0.1, -0.05) is 27.7 Å². The van der Waals surface area contributed by atoms with Gasteiger partial charge >= 0.3 is 0 Å². The van der Waals surface area contributed by atoms with Crippen molar-refractivity contribution in [3.63, 3.8) is 0 Å². The Bertz CT molecular complexity index is 561. The van der Waals surface area contributed by atoms with Crippen molar-refractivity contribution >= 4 is 10.0 Å². The van der Waals surface area contributed by atoms with Crippen LogP contribution in [0.3, 0.4) is 0 Å². The highest BCUT2D eigenvalue weighted by Crippen LogP contribution is 2.21. The lowest BCUT2D eigenvalue weighted by Crippen LogP contribution is -2.37. The van der Waals surface area contributed by atoms with Gasteiger partial charge in [0.25, 0.3) is 0 Å². The second-order valence-corrected chi connectivity index (χ2v) is 8.00. The molecule has 0 saturated carbocycles. The van der Waals surface area contributed by atoms with Crippen LogP contribution in [0.2, 0.25) is 0 Å². The minimum atomic E-state index is -3.63. The van der Waals surface area contributed by atoms with E-state index in [-0.39, 0.29) is 28.8 Å². The Balaban J connectivity index is 3.21. The van der Waals surface area contributed by atoms with Crippen molar-refractivity contribution in [2.45, 2.75) is 39.1 Å². The molecule has 2 N–H and O–H groups in total. The van der Waals surface area contributed by atoms with Gasteiger partial charge in [0.15, 0.2) is 0 Å². The predicted molar refractivity (Wildman–Crippen MR) is 82.7 cm³/mol. The van der Waals surface area contributed by atoms with Crippen LogP contribution in [0.4, 0.5) is 4.39 Å². The van der Waals surface area contributed by atoms with E-state index in [0.29, 0.717) is 13.1 Å². The lowest BCUT2D eigenvalue weighted by atomic mass is 10.2. The second-order valence-electron chi connectivity index (χ2n) is 6.07. The molecule has 0 saturated heterocycles. The monoisotopic (exact) mass is 316 g/mol. The number of nitrogens with zero attached hydrogens (tertiary/aromatic N) is 1. The lowest BCUT2D eigenvalue weighted by molar-refractivity contribution is 0.333. The molecule has 0 heterocycles. The van der Waals surface area contributed by atoms with Gasteiger partial charge in [-0.05, 0) is 30.0 Å². The number of nitrogens with two attached hydrogens (primary N) is 1. The van der Waals surface area contributed by atoms with Crippen LogP contribution in [-0.2, 0) is 16.6 Å². The standard InChI is InChI=1S/C15H25FN2O2S/c1-11(2)9-18(10-12(3)4)21(19,20)14-5-6-15(16)13(7-14)8-17/h5-7,11-12H,8-10,17H2,1-4H3. The average Bonchev–Trinajstić information content (AvgIpc) is 2.37. The Labute approximate surface area is 127 Å². The Morgan fingerprint density at radius 3 is 2.10 bits per heavy atom. The Morgan fingerprint density at radius 2 is 1.67 bits per heavy atom. The maximum absolute atomic E-state index is 13.5. The molecule has 0 fully saturated rings. The molecular formula is C15H25FN2O2S. The third kappa shape index (κ3) is 4.76. The van der Waals surface area contributed by atoms with Gasteiger partial charge in [0, 0.05) is 25.2 Å². The zero-order valence-electron chi connectivity index (χ0n) is 13.1. The van der Waals surface area contributed by atoms with Crippen molar-refractivity contribution in [1.29, 1.82) is 0 Å². The molecule has 0 atom stereocenters. The Hall–Kier alpha value is -0.980. The summed E-state index contributed by atoms with van der Waals surface area (Å²) in [7, 11) is -3.63. The van der Waals surface area contributed by atoms with E-state index in [1.54, 1.807) is 0 Å². The van der Waals surface area contributed by atoms with Gasteiger partial charge in [-0.3, -0.25) is 0 Å². The maximum Gasteiger partial charge on any atom is 0.243 e. The second kappa shape index (κ2) is 7.33. The molecule has 6 heteroatoms. The minimum absolute atomic E-state index is 0.0243. The van der Waals surface area contributed by atoms with Gasteiger partial charge in [0.05, 0.1) is 4.90 Å². The van der Waals surface area contributed by atoms with Crippen molar-refractivity contribution in [1.82, 2.24) is 4.31 Å². The van der Waals surface area contributed by atoms with Crippen molar-refractivity contribution < 1.29 is 12.8 Å². The third-order valence-electron chi connectivity index (χ3n) is 3.01. The van der Waals surface area contributed by atoms with Crippen LogP contribution in [0.15, 0.2) is 23.1 Å². The van der Waals surface area contributed by atoms with E-state index in [1.807, 2.05) is 27.7 Å². The number of benzene rings is 1. The molecule has 0 radical (unpaired) electrons. The van der Waals surface area contributed by atoms with Crippen LogP contribution in [0.25, 0.3) is 0 Å². The van der Waals surface area contributed by atoms with E-state index in [9.17, 15) is 12.8 Å². The van der Waals surface area contributed by atoms with E-state index in [1.165, 1.54) is 16.4 Å². The zero-order valence-corrected chi connectivity index (χ0v) is 14.0. The molecule has 0 spiro atoms. The van der Waals surface area contributed by atoms with Gasteiger partial charge in [-0.25, -0.2) is 12.8 Å². The number of rotatable bonds is 7. The Kier molecular flexibility index (Phi) is 6.31. The minimum Gasteiger partial charge on any atom is -0.326 e. The molecule has 0 aliphatic heterocycles. The average molecular weight is 316 g/mol. The molecule has 4 nitrogen and oxygen atoms in total. The van der Waals surface area contributed by atoms with Crippen molar-refractivity contribution in [2.75, 3.05) is 13.1 Å². The normalized spacial score (nSPS) is 12.6. The fraction of sp³-hybridized carbons (Fsp3) is 0.600. The molecule has 1 aromatic carbocycles. The van der Waals surface area contributed by atoms with E-state index >= 15 is 0 Å². The molecule has 0 amide bonds. The summed E-state index contributed by atoms with van der Waals surface area (Å²) >= 11 is 0. The van der Waals surface area contributed by atoms with Gasteiger partial charge in [0.1, 0.15) is 5.82 Å². The van der Waals surface area contributed by atoms with Gasteiger partial charge < -0.3 is 5.73 Å². The smallest absolute Gasteiger partial charge is 0.243 e. The highest BCUT2D eigenvalue weighted by Gasteiger charge is 2.26. The van der Waals surface area contributed by atoms with Crippen molar-refractivity contribution in [3.05, 3.63) is 29.6 Å². The summed E-state index contributed by atoms with van der Waals surface area (Å²) < 4.78 is 40.5. The van der Waals surface area contributed by atoms with Gasteiger partial charge in [0.2, 0.25) is 10.0 Å². The largest absolute Gasteiger partial charge is 0.326 e. The molecule has 1 aromatic rings. The first-order chi connectivity index (χ1) is 9.68. The Morgan fingerprint density at radius 1 is 1.14 bits per heavy atom. The van der Waals surface area contributed by atoms with Gasteiger partial charge in [-0.15, -0.1) is 0 Å². The molecule has 0 aliphatic carbocycles. The predicted octanol–water partition coefficient (Wildman–Crippen LogP) is 2.59. The number of hydrogen-bond donors (Lipinski definition) is 1. The van der Waals surface area contributed by atoms with Gasteiger partial charge in [-0.2, -0.15) is 4.31 Å². The first-order valence-electron chi connectivity index (χ1n) is 7.17. The van der Waals surface area contributed by atoms with E-state index in [2.05, 4.69) is 0 Å². The van der Waals surface area contributed by atoms with E-state index < -0.39 is 15.8 Å². The summed E-state index contributed by atoms with van der Waals surface area (Å²) in [5.74, 6) is -0.0448. The fourth-order valence-electron chi connectivity index (χ4n) is 2.10. The van der Waals surface area contributed by atoms with Crippen LogP contribution in [0, 0.1) is 17.7 Å². The maximum atomic E-state index is 13.5. The topological polar surface area (TPSA) is 63.4 Å². The third-order valence-corrected chi connectivity index (χ3v) is 4.84. The quantitative estimate of drug-likeness (QED) is 0.841. The van der Waals surface area contributed by atoms with E-state index in [4.69, 9.17) is 5.73 Å². The summed E-state index contributed by atoms with van der Waals surface area (Å²) in [6.45, 7) is 8.74. The number of hydrogen-bond acceptors (Lipinski definition) is 3. The SMILES string of the molecule is CC(C)CN(CC(C)C)S(=O)(=O)c1ccc(F)c(CN)c1. The highest BCUT2D eigenvalue weighted by molar-refractivity contribution is 7.89. The molecule has 21 heavy (non-hydrogen) atoms. The van der Waals surface area contributed by atoms with Crippen molar-refractivity contribution in [3.8, 4) is 0 Å². The molecule has 1 rings (SSSR count). The number of halogens is 1. The highest BCUT2D eigenvalue weighted by atomic mass is 32.2. The number of sulfonamides is 1. The van der Waals surface area contributed by atoms with Crippen LogP contribution >= 0.6 is 0 Å². The fourth-order valence-corrected chi connectivity index (χ4v) is 3.92. The molecule has 0 aromatic heterocycles. The molecule has 0 unspecified atom stereocenters. The summed E-state index contributed by atoms with van der Waals surface area (Å²) in [6.07, 6.45) is 0. The van der Waals surface area contributed by atoms with Crippen molar-refractivity contribution in [2.24, 2.45) is 17.6 Å². The summed E-state index contributed by atoms with van der Waals surface area (Å²) in [6, 6.07) is 3.80.